The Morgan fingerprint density at radius 2 is 1.56 bits per heavy atom. The van der Waals surface area contributed by atoms with Gasteiger partial charge in [-0.15, -0.1) is 5.10 Å². The van der Waals surface area contributed by atoms with Crippen LogP contribution in [0.3, 0.4) is 0 Å². The molecule has 7 aromatic rings. The van der Waals surface area contributed by atoms with Crippen molar-refractivity contribution < 1.29 is 38.2 Å². The van der Waals surface area contributed by atoms with Crippen molar-refractivity contribution in [3.63, 3.8) is 0 Å². The van der Waals surface area contributed by atoms with Gasteiger partial charge in [0.15, 0.2) is 17.1 Å². The van der Waals surface area contributed by atoms with Crippen molar-refractivity contribution in [1.82, 2.24) is 60.0 Å². The van der Waals surface area contributed by atoms with E-state index in [1.807, 2.05) is 17.9 Å². The second-order valence-electron chi connectivity index (χ2n) is 16.4. The Morgan fingerprint density at radius 1 is 0.847 bits per heavy atom. The molecular formula is C47H51ClN16O8. The van der Waals surface area contributed by atoms with Gasteiger partial charge in [-0.25, -0.2) is 9.97 Å². The fourth-order valence-corrected chi connectivity index (χ4v) is 8.20. The van der Waals surface area contributed by atoms with E-state index in [-0.39, 0.29) is 71.3 Å². The Labute approximate surface area is 416 Å². The number of carboxylic acids is 1. The number of fused-ring (bicyclic) bond motifs is 1. The number of nitrogens with zero attached hydrogens (tertiary/aromatic N) is 10. The van der Waals surface area contributed by atoms with E-state index >= 15 is 0 Å². The van der Waals surface area contributed by atoms with Crippen molar-refractivity contribution in [2.45, 2.75) is 58.2 Å². The molecule has 25 heteroatoms. The number of aliphatic carboxylic acids is 1. The fourth-order valence-electron chi connectivity index (χ4n) is 7.92. The van der Waals surface area contributed by atoms with Crippen LogP contribution in [0.1, 0.15) is 70.0 Å². The summed E-state index contributed by atoms with van der Waals surface area (Å²) in [4.78, 5) is 83.7. The first-order valence-electron chi connectivity index (χ1n) is 22.8. The number of carbonyl (C=O) groups is 4. The number of amides is 3. The second-order valence-corrected chi connectivity index (χ2v) is 16.8. The van der Waals surface area contributed by atoms with Crippen LogP contribution in [0.25, 0.3) is 28.5 Å². The SMILES string of the molecule is COc1nc(C(=O)Nc2cccc(-c3cccc(NC(=O)c4cnc(CN5CCCC[C@H]5C(=O)O)c(OC)n4)c3Cl)c2C)cnc1CNCCNC(=O)CCCNc1nc(N)n2nc(-c3ccco3)nc2n1. The summed E-state index contributed by atoms with van der Waals surface area (Å²) in [6, 6.07) is 13.3. The molecule has 6 heterocycles. The molecular weight excluding hydrogens is 952 g/mol. The highest BCUT2D eigenvalue weighted by Gasteiger charge is 2.30. The lowest BCUT2D eigenvalue weighted by Gasteiger charge is -2.32. The normalized spacial score (nSPS) is 13.6. The number of carbonyl (C=O) groups excluding carboxylic acids is 3. The molecule has 72 heavy (non-hydrogen) atoms. The zero-order chi connectivity index (χ0) is 50.7. The highest BCUT2D eigenvalue weighted by molar-refractivity contribution is 6.36. The first-order valence-corrected chi connectivity index (χ1v) is 23.2. The predicted molar refractivity (Wildman–Crippen MR) is 264 cm³/mol. The maximum atomic E-state index is 13.5. The molecule has 374 valence electrons. The molecule has 8 N–H and O–H groups in total. The molecule has 2 aromatic carbocycles. The molecule has 3 amide bonds. The number of nitrogens with two attached hydrogens (primary N) is 1. The average molecular weight is 1000 g/mol. The molecule has 8 rings (SSSR count). The van der Waals surface area contributed by atoms with Crippen LogP contribution >= 0.6 is 11.6 Å². The monoisotopic (exact) mass is 1000 g/mol. The van der Waals surface area contributed by atoms with Gasteiger partial charge >= 0.3 is 5.97 Å². The summed E-state index contributed by atoms with van der Waals surface area (Å²) in [5, 5.41) is 29.1. The van der Waals surface area contributed by atoms with E-state index in [9.17, 15) is 24.3 Å². The zero-order valence-electron chi connectivity index (χ0n) is 39.4. The van der Waals surface area contributed by atoms with Gasteiger partial charge in [0.1, 0.15) is 17.4 Å². The maximum Gasteiger partial charge on any atom is 0.320 e. The molecule has 1 fully saturated rings. The van der Waals surface area contributed by atoms with Crippen molar-refractivity contribution in [1.29, 1.82) is 0 Å². The van der Waals surface area contributed by atoms with Crippen LogP contribution in [0.15, 0.2) is 71.6 Å². The molecule has 0 saturated carbocycles. The molecule has 0 radical (unpaired) electrons. The van der Waals surface area contributed by atoms with Crippen molar-refractivity contribution in [2.24, 2.45) is 0 Å². The molecule has 0 bridgehead atoms. The van der Waals surface area contributed by atoms with Gasteiger partial charge < -0.3 is 51.3 Å². The van der Waals surface area contributed by atoms with Gasteiger partial charge in [-0.1, -0.05) is 42.3 Å². The highest BCUT2D eigenvalue weighted by atomic mass is 35.5. The number of hydrogen-bond donors (Lipinski definition) is 7. The molecule has 5 aromatic heterocycles. The lowest BCUT2D eigenvalue weighted by atomic mass is 9.98. The third-order valence-corrected chi connectivity index (χ3v) is 12.0. The van der Waals surface area contributed by atoms with Gasteiger partial charge in [0, 0.05) is 50.4 Å². The summed E-state index contributed by atoms with van der Waals surface area (Å²) < 4.78 is 17.6. The number of aromatic nitrogens is 9. The standard InChI is InChI=1S/C47H51ClN16O8/c1-26-27(28-11-7-13-30(38(28)48)56-41(67)32-24-54-34(43(58-32)71-3)25-63-20-5-4-14-35(63)44(68)69)10-6-12-29(26)55-40(66)31-23-53-33(42(57-31)70-2)22-50-18-19-51-37(65)16-8-17-52-46-60-45(49)64-47(61-46)59-39(62-64)36-15-9-21-72-36/h6-7,9-13,15,21,23-24,35,50H,4-5,8,14,16-20,22,25H2,1-3H3,(H,51,65)(H,55,66)(H,56,67)(H,68,69)(H3,49,52,59,60,61,62)/t35-/m0/s1. The van der Waals surface area contributed by atoms with Gasteiger partial charge in [0.2, 0.25) is 35.4 Å². The number of rotatable bonds is 21. The number of anilines is 4. The van der Waals surface area contributed by atoms with E-state index in [4.69, 9.17) is 31.2 Å². The number of benzene rings is 2. The van der Waals surface area contributed by atoms with Crippen molar-refractivity contribution in [3.8, 4) is 34.5 Å². The number of nitrogens with one attached hydrogen (secondary N) is 5. The molecule has 0 spiro atoms. The van der Waals surface area contributed by atoms with Gasteiger partial charge in [-0.05, 0) is 68.1 Å². The number of piperidine rings is 1. The summed E-state index contributed by atoms with van der Waals surface area (Å²) >= 11 is 6.93. The van der Waals surface area contributed by atoms with Crippen LogP contribution in [0.5, 0.6) is 11.8 Å². The Hall–Kier alpha value is -8.35. The molecule has 1 aliphatic heterocycles. The third kappa shape index (κ3) is 11.8. The van der Waals surface area contributed by atoms with Crippen LogP contribution in [0.4, 0.5) is 23.3 Å². The Morgan fingerprint density at radius 3 is 2.28 bits per heavy atom. The summed E-state index contributed by atoms with van der Waals surface area (Å²) in [6.07, 6.45) is 7.18. The molecule has 0 unspecified atom stereocenters. The van der Waals surface area contributed by atoms with E-state index < -0.39 is 23.8 Å². The number of halogens is 1. The Kier molecular flexibility index (Phi) is 16.0. The van der Waals surface area contributed by atoms with Crippen molar-refractivity contribution >= 4 is 64.3 Å². The van der Waals surface area contributed by atoms with Crippen molar-refractivity contribution in [3.05, 3.63) is 101 Å². The molecule has 1 atom stereocenters. The van der Waals surface area contributed by atoms with Gasteiger partial charge in [0.25, 0.3) is 17.6 Å². The summed E-state index contributed by atoms with van der Waals surface area (Å²) in [5.41, 5.74) is 9.67. The van der Waals surface area contributed by atoms with Crippen LogP contribution < -0.4 is 41.8 Å². The molecule has 0 aliphatic carbocycles. The van der Waals surface area contributed by atoms with E-state index in [0.717, 1.165) is 12.8 Å². The number of carboxylic acid groups (broad SMARTS) is 1. The Bertz CT molecular complexity index is 3100. The number of ether oxygens (including phenoxy) is 2. The lowest BCUT2D eigenvalue weighted by molar-refractivity contribution is -0.144. The van der Waals surface area contributed by atoms with Gasteiger partial charge in [-0.3, -0.25) is 34.0 Å². The minimum absolute atomic E-state index is 0.0157. The number of methoxy groups -OCH3 is 2. The fraction of sp³-hybridized carbons (Fsp3) is 0.319. The van der Waals surface area contributed by atoms with Crippen LogP contribution in [0, 0.1) is 6.92 Å². The highest BCUT2D eigenvalue weighted by Crippen LogP contribution is 2.38. The Balaban J connectivity index is 0.803. The predicted octanol–water partition coefficient (Wildman–Crippen LogP) is 4.63. The average Bonchev–Trinajstić information content (AvgIpc) is 4.09. The smallest absolute Gasteiger partial charge is 0.320 e. The van der Waals surface area contributed by atoms with Crippen LogP contribution in [-0.2, 0) is 22.7 Å². The number of likely N-dealkylation sites (tertiary alicyclic amines) is 1. The topological polar surface area (TPSA) is 317 Å². The molecule has 1 aliphatic rings. The number of hydrogen-bond acceptors (Lipinski definition) is 19. The third-order valence-electron chi connectivity index (χ3n) is 11.6. The number of furan rings is 1. The number of nitrogen functional groups attached to an aromatic ring is 1. The summed E-state index contributed by atoms with van der Waals surface area (Å²) in [6.45, 7) is 4.07. The minimum Gasteiger partial charge on any atom is -0.480 e. The van der Waals surface area contributed by atoms with E-state index in [2.05, 4.69) is 66.6 Å². The maximum absolute atomic E-state index is 13.5. The zero-order valence-corrected chi connectivity index (χ0v) is 40.2. The minimum atomic E-state index is -0.894. The van der Waals surface area contributed by atoms with E-state index in [0.29, 0.717) is 90.1 Å². The van der Waals surface area contributed by atoms with E-state index in [1.54, 1.807) is 42.5 Å². The quantitative estimate of drug-likeness (QED) is 0.0483. The first kappa shape index (κ1) is 50.1. The van der Waals surface area contributed by atoms with Crippen LogP contribution in [-0.4, -0.2) is 125 Å². The van der Waals surface area contributed by atoms with Crippen molar-refractivity contribution in [2.75, 3.05) is 62.1 Å². The lowest BCUT2D eigenvalue weighted by Crippen LogP contribution is -2.44. The van der Waals surface area contributed by atoms with Gasteiger partial charge in [0.05, 0.1) is 43.6 Å². The molecule has 24 nitrogen and oxygen atoms in total. The first-order chi connectivity index (χ1) is 34.9. The van der Waals surface area contributed by atoms with Crippen LogP contribution in [0.2, 0.25) is 5.02 Å². The molecule has 1 saturated heterocycles. The largest absolute Gasteiger partial charge is 0.480 e. The summed E-state index contributed by atoms with van der Waals surface area (Å²) in [5.74, 6) is -0.471. The van der Waals surface area contributed by atoms with Gasteiger partial charge in [-0.2, -0.15) is 19.5 Å². The summed E-state index contributed by atoms with van der Waals surface area (Å²) in [7, 11) is 2.84. The van der Waals surface area contributed by atoms with E-state index in [1.165, 1.54) is 37.4 Å². The second kappa shape index (κ2) is 23.0.